The molecule has 5 heteroatoms. The van der Waals surface area contributed by atoms with Gasteiger partial charge in [-0.25, -0.2) is 0 Å². The van der Waals surface area contributed by atoms with Crippen molar-refractivity contribution in [3.63, 3.8) is 0 Å². The van der Waals surface area contributed by atoms with E-state index in [-0.39, 0.29) is 17.2 Å². The molecule has 16 heavy (non-hydrogen) atoms. The Balaban J connectivity index is 2.33. The Morgan fingerprint density at radius 3 is 3.06 bits per heavy atom. The molecule has 1 amide bonds. The van der Waals surface area contributed by atoms with E-state index in [0.29, 0.717) is 13.2 Å². The second kappa shape index (κ2) is 6.79. The average Bonchev–Trinajstić information content (AvgIpc) is 2.29. The van der Waals surface area contributed by atoms with Gasteiger partial charge in [-0.15, -0.1) is 0 Å². The van der Waals surface area contributed by atoms with Crippen molar-refractivity contribution in [1.29, 1.82) is 0 Å². The van der Waals surface area contributed by atoms with Crippen LogP contribution in [0.4, 0.5) is 0 Å². The van der Waals surface area contributed by atoms with E-state index in [4.69, 9.17) is 4.74 Å². The van der Waals surface area contributed by atoms with Crippen molar-refractivity contribution in [2.24, 2.45) is 0 Å². The number of nitrogens with one attached hydrogen (secondary N) is 1. The van der Waals surface area contributed by atoms with Crippen LogP contribution in [0.2, 0.25) is 0 Å². The lowest BCUT2D eigenvalue weighted by molar-refractivity contribution is 0.0948. The van der Waals surface area contributed by atoms with Gasteiger partial charge >= 0.3 is 0 Å². The zero-order chi connectivity index (χ0) is 11.8. The summed E-state index contributed by atoms with van der Waals surface area (Å²) in [5, 5.41) is 12.1. The third-order valence-electron chi connectivity index (χ3n) is 2.11. The van der Waals surface area contributed by atoms with Crippen LogP contribution in [-0.4, -0.2) is 36.3 Å². The molecule has 0 unspecified atom stereocenters. The highest BCUT2D eigenvalue weighted by Crippen LogP contribution is 2.13. The minimum Gasteiger partial charge on any atom is -0.505 e. The van der Waals surface area contributed by atoms with E-state index < -0.39 is 0 Å². The first-order chi connectivity index (χ1) is 7.75. The minimum atomic E-state index is -0.280. The minimum absolute atomic E-state index is 0.100. The van der Waals surface area contributed by atoms with Gasteiger partial charge in [0.2, 0.25) is 0 Å². The van der Waals surface area contributed by atoms with Crippen LogP contribution in [0, 0.1) is 0 Å². The van der Waals surface area contributed by atoms with Gasteiger partial charge in [-0.2, -0.15) is 0 Å². The Morgan fingerprint density at radius 2 is 2.38 bits per heavy atom. The van der Waals surface area contributed by atoms with E-state index in [2.05, 4.69) is 10.3 Å². The van der Waals surface area contributed by atoms with Crippen LogP contribution in [0.3, 0.4) is 0 Å². The van der Waals surface area contributed by atoms with Crippen molar-refractivity contribution in [2.75, 3.05) is 20.3 Å². The number of aromatic hydroxyl groups is 1. The third-order valence-corrected chi connectivity index (χ3v) is 2.11. The van der Waals surface area contributed by atoms with Gasteiger partial charge in [0.1, 0.15) is 5.75 Å². The van der Waals surface area contributed by atoms with Crippen molar-refractivity contribution < 1.29 is 14.6 Å². The molecule has 0 aliphatic heterocycles. The Bertz CT molecular complexity index is 342. The highest BCUT2D eigenvalue weighted by molar-refractivity contribution is 5.96. The molecule has 0 spiro atoms. The fraction of sp³-hybridized carbons (Fsp3) is 0.455. The number of aromatic nitrogens is 1. The number of ether oxygens (including phenoxy) is 1. The quantitative estimate of drug-likeness (QED) is 0.705. The monoisotopic (exact) mass is 224 g/mol. The molecule has 0 bridgehead atoms. The largest absolute Gasteiger partial charge is 0.505 e. The van der Waals surface area contributed by atoms with Crippen molar-refractivity contribution >= 4 is 5.91 Å². The second-order valence-electron chi connectivity index (χ2n) is 3.35. The smallest absolute Gasteiger partial charge is 0.255 e. The fourth-order valence-corrected chi connectivity index (χ4v) is 1.25. The van der Waals surface area contributed by atoms with E-state index >= 15 is 0 Å². The average molecular weight is 224 g/mol. The van der Waals surface area contributed by atoms with Gasteiger partial charge in [-0.05, 0) is 18.9 Å². The number of nitrogens with zero attached hydrogens (tertiary/aromatic N) is 1. The first kappa shape index (κ1) is 12.4. The molecule has 0 saturated heterocycles. The number of rotatable bonds is 6. The van der Waals surface area contributed by atoms with Crippen molar-refractivity contribution in [3.8, 4) is 5.75 Å². The number of hydrogen-bond acceptors (Lipinski definition) is 4. The van der Waals surface area contributed by atoms with Crippen LogP contribution in [0.15, 0.2) is 18.5 Å². The molecule has 1 rings (SSSR count). The summed E-state index contributed by atoms with van der Waals surface area (Å²) in [5.41, 5.74) is 0.252. The molecule has 0 aromatic carbocycles. The molecule has 1 aromatic heterocycles. The van der Waals surface area contributed by atoms with Crippen LogP contribution < -0.4 is 5.32 Å². The summed E-state index contributed by atoms with van der Waals surface area (Å²) in [6.07, 6.45) is 4.48. The number of unbranched alkanes of at least 4 members (excludes halogenated alkanes) is 1. The van der Waals surface area contributed by atoms with Crippen LogP contribution in [-0.2, 0) is 4.74 Å². The van der Waals surface area contributed by atoms with E-state index in [9.17, 15) is 9.90 Å². The molecule has 5 nitrogen and oxygen atoms in total. The number of hydrogen-bond donors (Lipinski definition) is 2. The third kappa shape index (κ3) is 3.86. The number of methoxy groups -OCH3 is 1. The molecule has 0 saturated carbocycles. The van der Waals surface area contributed by atoms with Gasteiger partial charge < -0.3 is 15.2 Å². The van der Waals surface area contributed by atoms with Crippen molar-refractivity contribution in [3.05, 3.63) is 24.0 Å². The standard InChI is InChI=1S/C11H16N2O3/c1-16-7-3-2-5-13-11(15)9-4-6-12-8-10(9)14/h4,6,8,14H,2-3,5,7H2,1H3,(H,13,15). The number of carbonyl (C=O) groups excluding carboxylic acids is 1. The lowest BCUT2D eigenvalue weighted by atomic mass is 10.2. The lowest BCUT2D eigenvalue weighted by Gasteiger charge is -2.05. The van der Waals surface area contributed by atoms with Crippen LogP contribution in [0.25, 0.3) is 0 Å². The molecule has 0 aliphatic carbocycles. The summed E-state index contributed by atoms with van der Waals surface area (Å²) in [6.45, 7) is 1.26. The number of carbonyl (C=O) groups is 1. The van der Waals surface area contributed by atoms with Crippen LogP contribution in [0.5, 0.6) is 5.75 Å². The molecule has 0 radical (unpaired) electrons. The number of pyridine rings is 1. The Kier molecular flexibility index (Phi) is 5.28. The summed E-state index contributed by atoms with van der Waals surface area (Å²) in [7, 11) is 1.65. The fourth-order valence-electron chi connectivity index (χ4n) is 1.25. The molecule has 2 N–H and O–H groups in total. The van der Waals surface area contributed by atoms with Crippen molar-refractivity contribution in [1.82, 2.24) is 10.3 Å². The summed E-state index contributed by atoms with van der Waals surface area (Å²) in [5.74, 6) is -0.380. The maximum Gasteiger partial charge on any atom is 0.255 e. The van der Waals surface area contributed by atoms with E-state index in [1.165, 1.54) is 18.5 Å². The Morgan fingerprint density at radius 1 is 1.56 bits per heavy atom. The SMILES string of the molecule is COCCCCNC(=O)c1ccncc1O. The topological polar surface area (TPSA) is 71.5 Å². The normalized spacial score (nSPS) is 10.1. The lowest BCUT2D eigenvalue weighted by Crippen LogP contribution is -2.24. The summed E-state index contributed by atoms with van der Waals surface area (Å²) < 4.78 is 4.89. The maximum absolute atomic E-state index is 11.6. The van der Waals surface area contributed by atoms with Gasteiger partial charge in [0.15, 0.2) is 0 Å². The zero-order valence-corrected chi connectivity index (χ0v) is 9.27. The molecule has 0 atom stereocenters. The predicted octanol–water partition coefficient (Wildman–Crippen LogP) is 0.944. The molecule has 0 fully saturated rings. The molecular formula is C11H16N2O3. The highest BCUT2D eigenvalue weighted by Gasteiger charge is 2.09. The molecule has 88 valence electrons. The Labute approximate surface area is 94.5 Å². The summed E-state index contributed by atoms with van der Waals surface area (Å²) >= 11 is 0. The Hall–Kier alpha value is -1.62. The van der Waals surface area contributed by atoms with Gasteiger partial charge in [0.05, 0.1) is 11.8 Å². The van der Waals surface area contributed by atoms with Gasteiger partial charge in [0.25, 0.3) is 5.91 Å². The highest BCUT2D eigenvalue weighted by atomic mass is 16.5. The van der Waals surface area contributed by atoms with Gasteiger partial charge in [0, 0.05) is 26.5 Å². The van der Waals surface area contributed by atoms with E-state index in [1.807, 2.05) is 0 Å². The maximum atomic E-state index is 11.6. The zero-order valence-electron chi connectivity index (χ0n) is 9.27. The predicted molar refractivity (Wildman–Crippen MR) is 59.3 cm³/mol. The molecular weight excluding hydrogens is 208 g/mol. The van der Waals surface area contributed by atoms with E-state index in [0.717, 1.165) is 12.8 Å². The second-order valence-corrected chi connectivity index (χ2v) is 3.35. The van der Waals surface area contributed by atoms with Crippen LogP contribution >= 0.6 is 0 Å². The van der Waals surface area contributed by atoms with Gasteiger partial charge in [-0.1, -0.05) is 0 Å². The van der Waals surface area contributed by atoms with Gasteiger partial charge in [-0.3, -0.25) is 9.78 Å². The molecule has 0 aliphatic rings. The first-order valence-corrected chi connectivity index (χ1v) is 5.16. The van der Waals surface area contributed by atoms with Crippen LogP contribution in [0.1, 0.15) is 23.2 Å². The number of amides is 1. The van der Waals surface area contributed by atoms with E-state index in [1.54, 1.807) is 7.11 Å². The summed E-state index contributed by atoms with van der Waals surface area (Å²) in [4.78, 5) is 15.3. The summed E-state index contributed by atoms with van der Waals surface area (Å²) in [6, 6.07) is 1.49. The molecule has 1 heterocycles. The first-order valence-electron chi connectivity index (χ1n) is 5.16. The van der Waals surface area contributed by atoms with Crippen molar-refractivity contribution in [2.45, 2.75) is 12.8 Å². The molecule has 1 aromatic rings.